The molecular weight excluding hydrogens is 1060 g/mol. The van der Waals surface area contributed by atoms with Crippen LogP contribution in [0.2, 0.25) is 60.3 Å². The van der Waals surface area contributed by atoms with E-state index in [-0.39, 0.29) is 154 Å². The van der Waals surface area contributed by atoms with Crippen molar-refractivity contribution in [1.82, 2.24) is 10.3 Å². The van der Waals surface area contributed by atoms with E-state index in [1.807, 2.05) is 0 Å². The Bertz CT molecular complexity index is 3030. The summed E-state index contributed by atoms with van der Waals surface area (Å²) < 4.78 is 0. The van der Waals surface area contributed by atoms with Crippen LogP contribution in [0.4, 0.5) is 0 Å². The molecule has 4 aliphatic heterocycles. The molecule has 9 rings (SSSR count). The molecule has 1 aromatic heterocycles. The first-order valence-corrected chi connectivity index (χ1v) is 21.0. The number of rotatable bonds is 0. The number of benzene rings is 3. The molecule has 2 N–H and O–H groups in total. The van der Waals surface area contributed by atoms with Crippen molar-refractivity contribution in [3.8, 4) is 0 Å². The normalized spacial score (nSPS) is 22.8. The minimum absolute atomic E-state index is 0.00632. The van der Waals surface area contributed by atoms with Crippen molar-refractivity contribution in [3.05, 3.63) is 125 Å². The average Bonchev–Trinajstić information content (AvgIpc) is 3.92. The Hall–Kier alpha value is -0.860. The number of fused-ring (bicyclic) bond motifs is 17. The van der Waals surface area contributed by atoms with Crippen LogP contribution < -0.4 is 16.3 Å². The molecule has 1 aliphatic carbocycles. The number of amidine groups is 4. The number of allylic oxidation sites excluding steroid dienone is 3. The second-order valence-electron chi connectivity index (χ2n) is 11.9. The maximum absolute atomic E-state index is 6.90. The van der Waals surface area contributed by atoms with E-state index >= 15 is 0 Å². The van der Waals surface area contributed by atoms with Crippen molar-refractivity contribution in [2.24, 2.45) is 35.9 Å². The fourth-order valence-electron chi connectivity index (χ4n) is 6.56. The van der Waals surface area contributed by atoms with E-state index in [1.54, 1.807) is 0 Å². The lowest BCUT2D eigenvalue weighted by Crippen LogP contribution is -2.29. The molecule has 8 nitrogen and oxygen atoms in total. The summed E-state index contributed by atoms with van der Waals surface area (Å²) in [6.07, 6.45) is -1.04. The van der Waals surface area contributed by atoms with Crippen LogP contribution >= 0.6 is 186 Å². The van der Waals surface area contributed by atoms with Crippen LogP contribution in [0.5, 0.6) is 0 Å². The average molecular weight is 1070 g/mol. The SMILES string of the molecule is ClC1=C(Cl)C2=C3/N=C4N=C(/N=c5\[nH]/c(c6c(Cl)c(Cl)c(Cl)c(Cl)c56)=N\C5=NC(=N\C(N3)C2C(Cl)=C1Cl)/c1c(Cl)c(Cl)c(Cl)c(Cl)c15)c1c(Cl)c(Cl)c(Cl)c(Cl)c1\4. The van der Waals surface area contributed by atoms with Gasteiger partial charge in [0.15, 0.2) is 23.3 Å². The first-order valence-electron chi connectivity index (χ1n) is 14.9. The third kappa shape index (κ3) is 5.70. The Labute approximate surface area is 392 Å². The van der Waals surface area contributed by atoms with Crippen LogP contribution in [0.1, 0.15) is 22.3 Å². The molecule has 0 radical (unpaired) electrons. The maximum atomic E-state index is 6.90. The van der Waals surface area contributed by atoms with Crippen molar-refractivity contribution >= 4 is 220 Å². The van der Waals surface area contributed by atoms with E-state index in [4.69, 9.17) is 216 Å². The van der Waals surface area contributed by atoms with Gasteiger partial charge >= 0.3 is 0 Å². The predicted octanol–water partition coefficient (Wildman–Crippen LogP) is 13.8. The monoisotopic (exact) mass is 1060 g/mol. The Kier molecular flexibility index (Phi) is 10.4. The summed E-state index contributed by atoms with van der Waals surface area (Å²) in [5.74, 6) is -0.939. The summed E-state index contributed by atoms with van der Waals surface area (Å²) in [4.78, 5) is 32.1. The molecule has 8 bridgehead atoms. The summed E-state index contributed by atoms with van der Waals surface area (Å²) in [5, 5.41) is 2.91. The second-order valence-corrected chi connectivity index (χ2v) is 18.0. The Balaban J connectivity index is 1.49. The molecule has 0 spiro atoms. The van der Waals surface area contributed by atoms with Crippen molar-refractivity contribution in [2.75, 3.05) is 0 Å². The summed E-state index contributed by atoms with van der Waals surface area (Å²) >= 11 is 107. The van der Waals surface area contributed by atoms with Gasteiger partial charge in [-0.2, -0.15) is 0 Å². The third-order valence-corrected chi connectivity index (χ3v) is 16.3. The van der Waals surface area contributed by atoms with E-state index < -0.39 is 12.1 Å². The summed E-state index contributed by atoms with van der Waals surface area (Å²) in [6, 6.07) is 0. The first kappa shape index (κ1) is 40.5. The van der Waals surface area contributed by atoms with E-state index in [0.717, 1.165) is 0 Å². The van der Waals surface area contributed by atoms with Gasteiger partial charge in [0.1, 0.15) is 23.0 Å². The molecule has 0 fully saturated rings. The fraction of sp³-hybridized carbons (Fsp3) is 0.0625. The van der Waals surface area contributed by atoms with E-state index in [1.165, 1.54) is 0 Å². The summed E-state index contributed by atoms with van der Waals surface area (Å²) in [7, 11) is 0. The van der Waals surface area contributed by atoms with Gasteiger partial charge in [0, 0.05) is 10.6 Å². The maximum Gasteiger partial charge on any atom is 0.166 e. The zero-order chi connectivity index (χ0) is 40.1. The predicted molar refractivity (Wildman–Crippen MR) is 235 cm³/mol. The Morgan fingerprint density at radius 3 is 1.23 bits per heavy atom. The van der Waals surface area contributed by atoms with Gasteiger partial charge in [-0.1, -0.05) is 186 Å². The molecule has 24 heteroatoms. The zero-order valence-electron chi connectivity index (χ0n) is 25.9. The molecule has 284 valence electrons. The molecular formula is C32H4Cl16N8. The second kappa shape index (κ2) is 14.4. The van der Waals surface area contributed by atoms with Gasteiger partial charge in [0.25, 0.3) is 0 Å². The third-order valence-electron chi connectivity index (χ3n) is 9.02. The summed E-state index contributed by atoms with van der Waals surface area (Å²) in [6.45, 7) is 0. The van der Waals surface area contributed by atoms with Crippen molar-refractivity contribution < 1.29 is 0 Å². The topological polar surface area (TPSA) is 102 Å². The number of halogens is 16. The number of aromatic amines is 1. The van der Waals surface area contributed by atoms with Crippen molar-refractivity contribution in [2.45, 2.75) is 6.17 Å². The number of aliphatic imine (C=N–C) groups is 4. The van der Waals surface area contributed by atoms with Crippen LogP contribution in [0, 0.1) is 5.92 Å². The Morgan fingerprint density at radius 1 is 0.375 bits per heavy atom. The van der Waals surface area contributed by atoms with Gasteiger partial charge < -0.3 is 10.3 Å². The van der Waals surface area contributed by atoms with Gasteiger partial charge in [0.05, 0.1) is 114 Å². The fourth-order valence-corrected chi connectivity index (χ4v) is 10.8. The minimum atomic E-state index is -1.04. The quantitative estimate of drug-likeness (QED) is 0.133. The van der Waals surface area contributed by atoms with Crippen LogP contribution in [-0.2, 0) is 0 Å². The van der Waals surface area contributed by atoms with E-state index in [0.29, 0.717) is 5.57 Å². The largest absolute Gasteiger partial charge is 0.347 e. The first-order chi connectivity index (χ1) is 26.4. The molecule has 4 aromatic rings. The van der Waals surface area contributed by atoms with Crippen LogP contribution in [-0.4, -0.2) is 34.5 Å². The van der Waals surface area contributed by atoms with Gasteiger partial charge in [-0.25, -0.2) is 30.0 Å². The lowest BCUT2D eigenvalue weighted by atomic mass is 9.93. The zero-order valence-corrected chi connectivity index (χ0v) is 38.0. The van der Waals surface area contributed by atoms with Gasteiger partial charge in [0.2, 0.25) is 0 Å². The van der Waals surface area contributed by atoms with Crippen LogP contribution in [0.15, 0.2) is 61.5 Å². The highest BCUT2D eigenvalue weighted by Crippen LogP contribution is 2.52. The number of aromatic nitrogens is 1. The number of H-pyrrole nitrogens is 1. The molecule has 5 aliphatic rings. The molecule has 0 saturated heterocycles. The lowest BCUT2D eigenvalue weighted by molar-refractivity contribution is 0.547. The van der Waals surface area contributed by atoms with Gasteiger partial charge in [-0.05, 0) is 0 Å². The molecule has 2 unspecified atom stereocenters. The molecule has 0 amide bonds. The smallest absolute Gasteiger partial charge is 0.166 e. The number of hydrogen-bond donors (Lipinski definition) is 2. The van der Waals surface area contributed by atoms with Crippen LogP contribution in [0.3, 0.4) is 0 Å². The van der Waals surface area contributed by atoms with E-state index in [2.05, 4.69) is 10.3 Å². The Morgan fingerprint density at radius 2 is 0.768 bits per heavy atom. The molecule has 56 heavy (non-hydrogen) atoms. The molecule has 0 saturated carbocycles. The summed E-state index contributed by atoms with van der Waals surface area (Å²) in [5.41, 5.74) is 1.02. The highest BCUT2D eigenvalue weighted by atomic mass is 35.5. The number of nitrogens with one attached hydrogen (secondary N) is 2. The standard InChI is InChI=1S/C32H4Cl16N8/c33-9-1-2(10(34)18(42)17(9)41)26-49-25(1)53-27-3-4(12(36)20(44)19(43)11(3)35)29(50-27)55-31-7-8(16(40)24(48)23(47)15(7)39)32(52-31)56-30-6-5(28(51-30)54-26)13(37)21(45)22(46)14(6)38/h1,25,49H,(H,50,51,52,53,54,55,56). The van der Waals surface area contributed by atoms with Gasteiger partial charge in [-0.3, -0.25) is 0 Å². The highest BCUT2D eigenvalue weighted by molar-refractivity contribution is 6.58. The lowest BCUT2D eigenvalue weighted by Gasteiger charge is -2.24. The van der Waals surface area contributed by atoms with Crippen molar-refractivity contribution in [1.29, 1.82) is 0 Å². The molecule has 5 heterocycles. The van der Waals surface area contributed by atoms with E-state index in [9.17, 15) is 0 Å². The minimum Gasteiger partial charge on any atom is -0.347 e. The number of nitrogens with zero attached hydrogens (tertiary/aromatic N) is 6. The number of hydrogen-bond acceptors (Lipinski definition) is 7. The van der Waals surface area contributed by atoms with Gasteiger partial charge in [-0.15, -0.1) is 0 Å². The highest BCUT2D eigenvalue weighted by Gasteiger charge is 2.45. The molecule has 2 atom stereocenters. The van der Waals surface area contributed by atoms with Crippen LogP contribution in [0.25, 0.3) is 10.8 Å². The van der Waals surface area contributed by atoms with Crippen molar-refractivity contribution in [3.63, 3.8) is 0 Å². The molecule has 3 aromatic carbocycles.